The summed E-state index contributed by atoms with van der Waals surface area (Å²) in [5.74, 6) is 0. The topological polar surface area (TPSA) is 18.5 Å². The highest BCUT2D eigenvalue weighted by Crippen LogP contribution is 2.31. The van der Waals surface area contributed by atoms with Crippen LogP contribution in [0.4, 0.5) is 11.4 Å². The standard InChI is InChI=1S/C17H27N3/c1-14-13-18-16-8-3-4-9-17(16)20(14)12-10-15-7-5-6-11-19(15)2/h3-4,8-9,14-15,18H,5-7,10-13H2,1-2H3. The van der Waals surface area contributed by atoms with Crippen LogP contribution in [0.25, 0.3) is 0 Å². The SMILES string of the molecule is CC1CNc2ccccc2N1CCC1CCCCN1C. The van der Waals surface area contributed by atoms with Gasteiger partial charge in [0.15, 0.2) is 0 Å². The third kappa shape index (κ3) is 2.78. The third-order valence-electron chi connectivity index (χ3n) is 4.96. The molecule has 0 amide bonds. The number of benzene rings is 1. The van der Waals surface area contributed by atoms with E-state index >= 15 is 0 Å². The average molecular weight is 273 g/mol. The maximum atomic E-state index is 3.54. The van der Waals surface area contributed by atoms with E-state index in [9.17, 15) is 0 Å². The Bertz CT molecular complexity index is 446. The lowest BCUT2D eigenvalue weighted by Gasteiger charge is -2.40. The van der Waals surface area contributed by atoms with Gasteiger partial charge in [-0.15, -0.1) is 0 Å². The van der Waals surface area contributed by atoms with Gasteiger partial charge in [-0.2, -0.15) is 0 Å². The minimum atomic E-state index is 0.582. The molecule has 3 heteroatoms. The van der Waals surface area contributed by atoms with Crippen molar-refractivity contribution in [3.63, 3.8) is 0 Å². The maximum Gasteiger partial charge on any atom is 0.0605 e. The first-order chi connectivity index (χ1) is 9.75. The molecule has 0 spiro atoms. The molecule has 0 aromatic heterocycles. The number of piperidine rings is 1. The molecule has 1 fully saturated rings. The summed E-state index contributed by atoms with van der Waals surface area (Å²) < 4.78 is 0. The number of fused-ring (bicyclic) bond motifs is 1. The summed E-state index contributed by atoms with van der Waals surface area (Å²) in [6.07, 6.45) is 5.44. The van der Waals surface area contributed by atoms with E-state index in [2.05, 4.69) is 53.4 Å². The highest BCUT2D eigenvalue weighted by molar-refractivity contribution is 5.72. The number of hydrogen-bond acceptors (Lipinski definition) is 3. The molecule has 2 aliphatic rings. The zero-order valence-electron chi connectivity index (χ0n) is 12.8. The van der Waals surface area contributed by atoms with Gasteiger partial charge in [0.2, 0.25) is 0 Å². The summed E-state index contributed by atoms with van der Waals surface area (Å²) in [4.78, 5) is 5.15. The Balaban J connectivity index is 1.67. The molecule has 2 atom stereocenters. The van der Waals surface area contributed by atoms with E-state index in [1.807, 2.05) is 0 Å². The summed E-state index contributed by atoms with van der Waals surface area (Å²) in [7, 11) is 2.29. The average Bonchev–Trinajstić information content (AvgIpc) is 2.48. The molecule has 1 saturated heterocycles. The van der Waals surface area contributed by atoms with Crippen molar-refractivity contribution >= 4 is 11.4 Å². The minimum Gasteiger partial charge on any atom is -0.381 e. The molecule has 2 aliphatic heterocycles. The van der Waals surface area contributed by atoms with Gasteiger partial charge < -0.3 is 15.1 Å². The van der Waals surface area contributed by atoms with Crippen molar-refractivity contribution in [1.29, 1.82) is 0 Å². The fourth-order valence-electron chi connectivity index (χ4n) is 3.62. The van der Waals surface area contributed by atoms with Gasteiger partial charge in [0, 0.05) is 25.2 Å². The van der Waals surface area contributed by atoms with E-state index in [1.54, 1.807) is 0 Å². The molecule has 0 saturated carbocycles. The molecule has 0 aliphatic carbocycles. The normalized spacial score (nSPS) is 27.0. The molecular formula is C17H27N3. The van der Waals surface area contributed by atoms with Crippen molar-refractivity contribution < 1.29 is 0 Å². The smallest absolute Gasteiger partial charge is 0.0605 e. The van der Waals surface area contributed by atoms with Crippen LogP contribution >= 0.6 is 0 Å². The molecule has 2 heterocycles. The number of nitrogens with one attached hydrogen (secondary N) is 1. The molecule has 3 nitrogen and oxygen atoms in total. The van der Waals surface area contributed by atoms with Crippen molar-refractivity contribution in [3.8, 4) is 0 Å². The zero-order chi connectivity index (χ0) is 13.9. The van der Waals surface area contributed by atoms with Gasteiger partial charge in [0.25, 0.3) is 0 Å². The molecule has 1 N–H and O–H groups in total. The molecule has 0 radical (unpaired) electrons. The summed E-state index contributed by atoms with van der Waals surface area (Å²) >= 11 is 0. The first-order valence-corrected chi connectivity index (χ1v) is 8.05. The fourth-order valence-corrected chi connectivity index (χ4v) is 3.62. The van der Waals surface area contributed by atoms with E-state index in [0.717, 1.165) is 12.6 Å². The number of para-hydroxylation sites is 2. The highest BCUT2D eigenvalue weighted by atomic mass is 15.2. The first kappa shape index (κ1) is 13.7. The van der Waals surface area contributed by atoms with Crippen LogP contribution < -0.4 is 10.2 Å². The predicted molar refractivity (Wildman–Crippen MR) is 86.6 cm³/mol. The van der Waals surface area contributed by atoms with Crippen molar-refractivity contribution in [2.75, 3.05) is 36.9 Å². The Morgan fingerprint density at radius 3 is 2.95 bits per heavy atom. The highest BCUT2D eigenvalue weighted by Gasteiger charge is 2.25. The number of likely N-dealkylation sites (tertiary alicyclic amines) is 1. The Morgan fingerprint density at radius 1 is 1.25 bits per heavy atom. The van der Waals surface area contributed by atoms with Gasteiger partial charge in [0.1, 0.15) is 0 Å². The molecule has 1 aromatic rings. The summed E-state index contributed by atoms with van der Waals surface area (Å²) in [5.41, 5.74) is 2.67. The summed E-state index contributed by atoms with van der Waals surface area (Å²) in [6.45, 7) is 5.83. The number of anilines is 2. The van der Waals surface area contributed by atoms with Gasteiger partial charge in [-0.25, -0.2) is 0 Å². The summed E-state index contributed by atoms with van der Waals surface area (Å²) in [6, 6.07) is 10.1. The Kier molecular flexibility index (Phi) is 4.16. The van der Waals surface area contributed by atoms with Crippen molar-refractivity contribution in [1.82, 2.24) is 4.90 Å². The monoisotopic (exact) mass is 273 g/mol. The second-order valence-electron chi connectivity index (χ2n) is 6.36. The van der Waals surface area contributed by atoms with Crippen LogP contribution in [0.15, 0.2) is 24.3 Å². The quantitative estimate of drug-likeness (QED) is 0.912. The van der Waals surface area contributed by atoms with Crippen LogP contribution in [0.3, 0.4) is 0 Å². The molecule has 2 unspecified atom stereocenters. The van der Waals surface area contributed by atoms with Crippen molar-refractivity contribution in [2.24, 2.45) is 0 Å². The molecular weight excluding hydrogens is 246 g/mol. The zero-order valence-corrected chi connectivity index (χ0v) is 12.8. The minimum absolute atomic E-state index is 0.582. The van der Waals surface area contributed by atoms with Crippen molar-refractivity contribution in [2.45, 2.75) is 44.7 Å². The van der Waals surface area contributed by atoms with Gasteiger partial charge in [0.05, 0.1) is 11.4 Å². The predicted octanol–water partition coefficient (Wildman–Crippen LogP) is 3.18. The maximum absolute atomic E-state index is 3.54. The van der Waals surface area contributed by atoms with E-state index in [0.29, 0.717) is 6.04 Å². The van der Waals surface area contributed by atoms with E-state index in [4.69, 9.17) is 0 Å². The number of nitrogens with zero attached hydrogens (tertiary/aromatic N) is 2. The lowest BCUT2D eigenvalue weighted by atomic mass is 9.99. The van der Waals surface area contributed by atoms with Gasteiger partial charge in [-0.3, -0.25) is 0 Å². The van der Waals surface area contributed by atoms with Crippen LogP contribution in [-0.2, 0) is 0 Å². The Labute approximate surface area is 123 Å². The molecule has 0 bridgehead atoms. The molecule has 1 aromatic carbocycles. The van der Waals surface area contributed by atoms with E-state index in [1.165, 1.54) is 50.1 Å². The lowest BCUT2D eigenvalue weighted by Crippen LogP contribution is -2.45. The van der Waals surface area contributed by atoms with Crippen molar-refractivity contribution in [3.05, 3.63) is 24.3 Å². The second-order valence-corrected chi connectivity index (χ2v) is 6.36. The second kappa shape index (κ2) is 6.04. The van der Waals surface area contributed by atoms with Gasteiger partial charge >= 0.3 is 0 Å². The van der Waals surface area contributed by atoms with Gasteiger partial charge in [-0.05, 0) is 51.9 Å². The number of hydrogen-bond donors (Lipinski definition) is 1. The van der Waals surface area contributed by atoms with Crippen LogP contribution in [0.1, 0.15) is 32.6 Å². The van der Waals surface area contributed by atoms with Crippen LogP contribution in [0, 0.1) is 0 Å². The van der Waals surface area contributed by atoms with Crippen LogP contribution in [0.2, 0.25) is 0 Å². The van der Waals surface area contributed by atoms with Gasteiger partial charge in [-0.1, -0.05) is 18.6 Å². The Morgan fingerprint density at radius 2 is 2.10 bits per heavy atom. The van der Waals surface area contributed by atoms with E-state index < -0.39 is 0 Å². The molecule has 3 rings (SSSR count). The van der Waals surface area contributed by atoms with E-state index in [-0.39, 0.29) is 0 Å². The van der Waals surface area contributed by atoms with Crippen LogP contribution in [-0.4, -0.2) is 43.7 Å². The first-order valence-electron chi connectivity index (χ1n) is 8.05. The van der Waals surface area contributed by atoms with Crippen LogP contribution in [0.5, 0.6) is 0 Å². The molecule has 20 heavy (non-hydrogen) atoms. The Hall–Kier alpha value is -1.22. The largest absolute Gasteiger partial charge is 0.381 e. The third-order valence-corrected chi connectivity index (χ3v) is 4.96. The molecule has 110 valence electrons. The lowest BCUT2D eigenvalue weighted by molar-refractivity contribution is 0.177. The summed E-state index contributed by atoms with van der Waals surface area (Å²) in [5, 5.41) is 3.54. The fraction of sp³-hybridized carbons (Fsp3) is 0.647. The number of rotatable bonds is 3.